The fraction of sp³-hybridized carbons (Fsp3) is 0.111. The van der Waals surface area contributed by atoms with Crippen molar-refractivity contribution in [2.45, 2.75) is 11.3 Å². The van der Waals surface area contributed by atoms with Crippen LogP contribution in [-0.2, 0) is 14.8 Å². The van der Waals surface area contributed by atoms with Crippen molar-refractivity contribution in [1.82, 2.24) is 9.71 Å². The number of carbonyl (C=O) groups is 1. The average molecular weight is 356 g/mol. The Morgan fingerprint density at radius 2 is 1.76 bits per heavy atom. The van der Waals surface area contributed by atoms with E-state index in [1.165, 1.54) is 12.1 Å². The number of ether oxygens (including phenoxy) is 1. The second kappa shape index (κ2) is 7.42. The zero-order chi connectivity index (χ0) is 17.7. The molecule has 2 aromatic carbocycles. The molecule has 3 rings (SSSR count). The first kappa shape index (κ1) is 17.1. The third-order valence-electron chi connectivity index (χ3n) is 3.49. The molecule has 25 heavy (non-hydrogen) atoms. The molecule has 1 heterocycles. The van der Waals surface area contributed by atoms with E-state index in [9.17, 15) is 13.2 Å². The molecule has 0 aliphatic carbocycles. The van der Waals surface area contributed by atoms with Gasteiger partial charge in [-0.1, -0.05) is 36.4 Å². The molecule has 0 spiro atoms. The number of esters is 1. The Morgan fingerprint density at radius 1 is 1.00 bits per heavy atom. The molecule has 0 unspecified atom stereocenters. The van der Waals surface area contributed by atoms with E-state index < -0.39 is 16.0 Å². The van der Waals surface area contributed by atoms with E-state index in [4.69, 9.17) is 4.74 Å². The average Bonchev–Trinajstić information content (AvgIpc) is 2.63. The predicted molar refractivity (Wildman–Crippen MR) is 93.6 cm³/mol. The van der Waals surface area contributed by atoms with Gasteiger partial charge in [-0.3, -0.25) is 9.78 Å². The number of nitrogens with one attached hydrogen (secondary N) is 1. The van der Waals surface area contributed by atoms with E-state index in [0.29, 0.717) is 11.3 Å². The van der Waals surface area contributed by atoms with E-state index in [1.54, 1.807) is 42.6 Å². The van der Waals surface area contributed by atoms with Crippen molar-refractivity contribution in [2.24, 2.45) is 0 Å². The first-order chi connectivity index (χ1) is 12.1. The van der Waals surface area contributed by atoms with Gasteiger partial charge >= 0.3 is 5.97 Å². The van der Waals surface area contributed by atoms with Crippen molar-refractivity contribution in [3.63, 3.8) is 0 Å². The Kier molecular flexibility index (Phi) is 5.06. The van der Waals surface area contributed by atoms with Crippen molar-refractivity contribution in [1.29, 1.82) is 0 Å². The summed E-state index contributed by atoms with van der Waals surface area (Å²) in [7, 11) is -3.63. The third-order valence-corrected chi connectivity index (χ3v) is 4.97. The monoisotopic (exact) mass is 356 g/mol. The smallest absolute Gasteiger partial charge is 0.312 e. The predicted octanol–water partition coefficient (Wildman–Crippen LogP) is 2.51. The lowest BCUT2D eigenvalue weighted by molar-refractivity contribution is -0.134. The number of aromatic nitrogens is 1. The van der Waals surface area contributed by atoms with Crippen molar-refractivity contribution in [3.05, 3.63) is 66.9 Å². The normalized spacial score (nSPS) is 11.4. The van der Waals surface area contributed by atoms with Crippen LogP contribution in [0, 0.1) is 0 Å². The van der Waals surface area contributed by atoms with Gasteiger partial charge in [0, 0.05) is 18.1 Å². The van der Waals surface area contributed by atoms with Gasteiger partial charge in [0.25, 0.3) is 0 Å². The van der Waals surface area contributed by atoms with Gasteiger partial charge in [-0.05, 0) is 24.3 Å². The number of para-hydroxylation sites is 1. The van der Waals surface area contributed by atoms with Crippen LogP contribution in [0.15, 0.2) is 71.8 Å². The van der Waals surface area contributed by atoms with Crippen LogP contribution in [0.4, 0.5) is 0 Å². The lowest BCUT2D eigenvalue weighted by atomic mass is 10.2. The van der Waals surface area contributed by atoms with Crippen LogP contribution in [-0.4, -0.2) is 25.9 Å². The lowest BCUT2D eigenvalue weighted by Crippen LogP contribution is -2.27. The quantitative estimate of drug-likeness (QED) is 0.542. The Bertz CT molecular complexity index is 983. The molecule has 128 valence electrons. The Balaban J connectivity index is 1.60. The van der Waals surface area contributed by atoms with Gasteiger partial charge in [-0.15, -0.1) is 0 Å². The molecule has 0 aliphatic heterocycles. The highest BCUT2D eigenvalue weighted by atomic mass is 32.2. The molecule has 1 aromatic heterocycles. The number of sulfonamides is 1. The third kappa shape index (κ3) is 4.20. The minimum absolute atomic E-state index is 0.0474. The molecule has 0 amide bonds. The van der Waals surface area contributed by atoms with E-state index in [0.717, 1.165) is 5.39 Å². The van der Waals surface area contributed by atoms with Crippen molar-refractivity contribution in [2.75, 3.05) is 6.54 Å². The number of fused-ring (bicyclic) bond motifs is 1. The summed E-state index contributed by atoms with van der Waals surface area (Å²) < 4.78 is 31.8. The number of rotatable bonds is 6. The molecular formula is C18H16N2O4S. The summed E-state index contributed by atoms with van der Waals surface area (Å²) in [6, 6.07) is 16.9. The molecule has 0 bridgehead atoms. The number of hydrogen-bond donors (Lipinski definition) is 1. The van der Waals surface area contributed by atoms with Crippen LogP contribution in [0.5, 0.6) is 5.75 Å². The maximum atomic E-state index is 12.1. The van der Waals surface area contributed by atoms with Crippen LogP contribution >= 0.6 is 0 Å². The molecule has 7 heteroatoms. The van der Waals surface area contributed by atoms with Crippen molar-refractivity contribution >= 4 is 26.9 Å². The fourth-order valence-corrected chi connectivity index (χ4v) is 3.36. The Labute approximate surface area is 145 Å². The molecule has 0 saturated carbocycles. The minimum Gasteiger partial charge on any atom is -0.424 e. The highest BCUT2D eigenvalue weighted by Crippen LogP contribution is 2.23. The van der Waals surface area contributed by atoms with E-state index in [-0.39, 0.29) is 17.9 Å². The Morgan fingerprint density at radius 3 is 2.56 bits per heavy atom. The lowest BCUT2D eigenvalue weighted by Gasteiger charge is -2.08. The van der Waals surface area contributed by atoms with Crippen LogP contribution in [0.3, 0.4) is 0 Å². The number of benzene rings is 2. The van der Waals surface area contributed by atoms with Gasteiger partial charge < -0.3 is 4.74 Å². The van der Waals surface area contributed by atoms with Gasteiger partial charge in [0.15, 0.2) is 5.75 Å². The second-order valence-electron chi connectivity index (χ2n) is 5.27. The largest absolute Gasteiger partial charge is 0.424 e. The van der Waals surface area contributed by atoms with Crippen LogP contribution in [0.2, 0.25) is 0 Å². The first-order valence-electron chi connectivity index (χ1n) is 7.65. The summed E-state index contributed by atoms with van der Waals surface area (Å²) in [4.78, 5) is 16.4. The Hall–Kier alpha value is -2.77. The summed E-state index contributed by atoms with van der Waals surface area (Å²) in [5, 5.41) is 0.859. The number of carbonyl (C=O) groups excluding carboxylic acids is 1. The van der Waals surface area contributed by atoms with Crippen molar-refractivity contribution in [3.8, 4) is 5.75 Å². The zero-order valence-electron chi connectivity index (χ0n) is 13.3. The summed E-state index contributed by atoms with van der Waals surface area (Å²) in [6.07, 6.45) is 1.53. The molecule has 6 nitrogen and oxygen atoms in total. The molecule has 0 atom stereocenters. The van der Waals surface area contributed by atoms with Gasteiger partial charge in [0.1, 0.15) is 5.52 Å². The molecule has 0 saturated heterocycles. The van der Waals surface area contributed by atoms with E-state index >= 15 is 0 Å². The molecule has 3 aromatic rings. The first-order valence-corrected chi connectivity index (χ1v) is 9.14. The van der Waals surface area contributed by atoms with Crippen LogP contribution in [0.1, 0.15) is 6.42 Å². The van der Waals surface area contributed by atoms with E-state index in [1.807, 2.05) is 12.1 Å². The van der Waals surface area contributed by atoms with Gasteiger partial charge in [0.05, 0.1) is 11.3 Å². The molecule has 0 aliphatic rings. The molecule has 1 N–H and O–H groups in total. The number of hydrogen-bond acceptors (Lipinski definition) is 5. The zero-order valence-corrected chi connectivity index (χ0v) is 14.1. The minimum atomic E-state index is -3.63. The summed E-state index contributed by atoms with van der Waals surface area (Å²) in [6.45, 7) is -0.0474. The highest BCUT2D eigenvalue weighted by Gasteiger charge is 2.14. The van der Waals surface area contributed by atoms with Crippen molar-refractivity contribution < 1.29 is 17.9 Å². The van der Waals surface area contributed by atoms with Crippen LogP contribution in [0.25, 0.3) is 10.9 Å². The van der Waals surface area contributed by atoms with Gasteiger partial charge in [-0.25, -0.2) is 13.1 Å². The van der Waals surface area contributed by atoms with E-state index in [2.05, 4.69) is 9.71 Å². The fourth-order valence-electron chi connectivity index (χ4n) is 2.30. The second-order valence-corrected chi connectivity index (χ2v) is 7.03. The summed E-state index contributed by atoms with van der Waals surface area (Å²) in [5.74, 6) is -0.178. The summed E-state index contributed by atoms with van der Waals surface area (Å²) >= 11 is 0. The SMILES string of the molecule is O=C(CCNS(=O)(=O)c1ccccc1)Oc1cccc2cccnc12. The molecular weight excluding hydrogens is 340 g/mol. The van der Waals surface area contributed by atoms with Gasteiger partial charge in [-0.2, -0.15) is 0 Å². The topological polar surface area (TPSA) is 85.4 Å². The molecule has 0 radical (unpaired) electrons. The highest BCUT2D eigenvalue weighted by molar-refractivity contribution is 7.89. The maximum Gasteiger partial charge on any atom is 0.312 e. The van der Waals surface area contributed by atoms with Crippen LogP contribution < -0.4 is 9.46 Å². The number of nitrogens with zero attached hydrogens (tertiary/aromatic N) is 1. The summed E-state index contributed by atoms with van der Waals surface area (Å²) in [5.41, 5.74) is 0.586. The molecule has 0 fully saturated rings. The maximum absolute atomic E-state index is 12.1. The van der Waals surface area contributed by atoms with Gasteiger partial charge in [0.2, 0.25) is 10.0 Å². The number of pyridine rings is 1. The standard InChI is InChI=1S/C18H16N2O4S/c21-17(11-13-20-25(22,23)15-8-2-1-3-9-15)24-16-10-4-6-14-7-5-12-19-18(14)16/h1-10,12,20H,11,13H2.